The number of rotatable bonds is 6. The first-order chi connectivity index (χ1) is 13.2. The van der Waals surface area contributed by atoms with Crippen LogP contribution in [0, 0.1) is 0 Å². The molecule has 6 heteroatoms. The Hall–Kier alpha value is -2.89. The normalized spacial score (nSPS) is 13.9. The van der Waals surface area contributed by atoms with Crippen molar-refractivity contribution in [1.82, 2.24) is 15.2 Å². The Bertz CT molecular complexity index is 783. The van der Waals surface area contributed by atoms with Crippen molar-refractivity contribution in [3.05, 3.63) is 59.3 Å². The molecule has 2 heterocycles. The molecule has 2 N–H and O–H groups in total. The zero-order valence-electron chi connectivity index (χ0n) is 15.7. The lowest BCUT2D eigenvalue weighted by Crippen LogP contribution is -2.35. The first-order valence-electron chi connectivity index (χ1n) is 9.53. The van der Waals surface area contributed by atoms with Crippen molar-refractivity contribution in [3.63, 3.8) is 0 Å². The summed E-state index contributed by atoms with van der Waals surface area (Å²) in [6, 6.07) is 11.2. The molecule has 0 spiro atoms. The van der Waals surface area contributed by atoms with E-state index in [1.165, 1.54) is 6.42 Å². The first-order valence-corrected chi connectivity index (χ1v) is 9.53. The summed E-state index contributed by atoms with van der Waals surface area (Å²) in [5.74, 6) is 0.678. The SMILES string of the molecule is CCNC(=O)c1ccc(NCc2cccc(C(=O)N3CCCCC3)c2)nc1. The van der Waals surface area contributed by atoms with Gasteiger partial charge in [-0.2, -0.15) is 0 Å². The summed E-state index contributed by atoms with van der Waals surface area (Å²) in [6.45, 7) is 4.73. The van der Waals surface area contributed by atoms with Gasteiger partial charge in [-0.05, 0) is 56.0 Å². The van der Waals surface area contributed by atoms with Gasteiger partial charge in [0.15, 0.2) is 0 Å². The average molecular weight is 366 g/mol. The van der Waals surface area contributed by atoms with Crippen molar-refractivity contribution < 1.29 is 9.59 Å². The van der Waals surface area contributed by atoms with Crippen LogP contribution in [0.2, 0.25) is 0 Å². The van der Waals surface area contributed by atoms with Gasteiger partial charge in [0.25, 0.3) is 11.8 Å². The van der Waals surface area contributed by atoms with Crippen LogP contribution in [0.1, 0.15) is 52.5 Å². The molecule has 0 radical (unpaired) electrons. The molecular weight excluding hydrogens is 340 g/mol. The van der Waals surface area contributed by atoms with E-state index in [-0.39, 0.29) is 11.8 Å². The van der Waals surface area contributed by atoms with Crippen LogP contribution in [-0.2, 0) is 6.54 Å². The molecule has 6 nitrogen and oxygen atoms in total. The minimum atomic E-state index is -0.125. The van der Waals surface area contributed by atoms with Gasteiger partial charge in [-0.25, -0.2) is 4.98 Å². The van der Waals surface area contributed by atoms with Gasteiger partial charge in [-0.3, -0.25) is 9.59 Å². The van der Waals surface area contributed by atoms with E-state index in [0.29, 0.717) is 24.5 Å². The van der Waals surface area contributed by atoms with E-state index in [0.717, 1.165) is 37.1 Å². The van der Waals surface area contributed by atoms with E-state index >= 15 is 0 Å². The molecule has 1 saturated heterocycles. The molecule has 2 amide bonds. The summed E-state index contributed by atoms with van der Waals surface area (Å²) < 4.78 is 0. The number of carbonyl (C=O) groups is 2. The fourth-order valence-corrected chi connectivity index (χ4v) is 3.18. The van der Waals surface area contributed by atoms with Crippen molar-refractivity contribution >= 4 is 17.6 Å². The van der Waals surface area contributed by atoms with Crippen molar-refractivity contribution in [2.75, 3.05) is 25.0 Å². The summed E-state index contributed by atoms with van der Waals surface area (Å²) in [6.07, 6.45) is 4.94. The Morgan fingerprint density at radius 3 is 2.59 bits per heavy atom. The highest BCUT2D eigenvalue weighted by molar-refractivity contribution is 5.94. The number of nitrogens with zero attached hydrogens (tertiary/aromatic N) is 2. The number of aromatic nitrogens is 1. The zero-order chi connectivity index (χ0) is 19.1. The summed E-state index contributed by atoms with van der Waals surface area (Å²) in [5, 5.41) is 5.98. The zero-order valence-corrected chi connectivity index (χ0v) is 15.7. The number of anilines is 1. The van der Waals surface area contributed by atoms with Crippen LogP contribution < -0.4 is 10.6 Å². The molecule has 3 rings (SSSR count). The Morgan fingerprint density at radius 1 is 1.07 bits per heavy atom. The van der Waals surface area contributed by atoms with Gasteiger partial charge in [0.1, 0.15) is 5.82 Å². The molecule has 0 unspecified atom stereocenters. The molecule has 1 aromatic carbocycles. The number of likely N-dealkylation sites (tertiary alicyclic amines) is 1. The molecule has 1 aromatic heterocycles. The maximum absolute atomic E-state index is 12.6. The Balaban J connectivity index is 1.59. The van der Waals surface area contributed by atoms with E-state index in [2.05, 4.69) is 15.6 Å². The van der Waals surface area contributed by atoms with E-state index in [9.17, 15) is 9.59 Å². The molecular formula is C21H26N4O2. The fourth-order valence-electron chi connectivity index (χ4n) is 3.18. The van der Waals surface area contributed by atoms with E-state index in [1.807, 2.05) is 36.1 Å². The summed E-state index contributed by atoms with van der Waals surface area (Å²) >= 11 is 0. The Morgan fingerprint density at radius 2 is 1.89 bits per heavy atom. The average Bonchev–Trinajstić information content (AvgIpc) is 2.73. The van der Waals surface area contributed by atoms with Gasteiger partial charge in [0.2, 0.25) is 0 Å². The van der Waals surface area contributed by atoms with Gasteiger partial charge in [0.05, 0.1) is 5.56 Å². The molecule has 2 aromatic rings. The third kappa shape index (κ3) is 5.06. The second-order valence-electron chi connectivity index (χ2n) is 6.70. The second kappa shape index (κ2) is 9.16. The smallest absolute Gasteiger partial charge is 0.253 e. The molecule has 27 heavy (non-hydrogen) atoms. The molecule has 1 aliphatic heterocycles. The number of pyridine rings is 1. The molecule has 0 bridgehead atoms. The van der Waals surface area contributed by atoms with Crippen LogP contribution in [0.3, 0.4) is 0 Å². The lowest BCUT2D eigenvalue weighted by atomic mass is 10.1. The van der Waals surface area contributed by atoms with Crippen LogP contribution >= 0.6 is 0 Å². The van der Waals surface area contributed by atoms with Crippen molar-refractivity contribution in [2.45, 2.75) is 32.7 Å². The predicted molar refractivity (Wildman–Crippen MR) is 106 cm³/mol. The van der Waals surface area contributed by atoms with Crippen LogP contribution in [0.25, 0.3) is 0 Å². The van der Waals surface area contributed by atoms with Crippen LogP contribution in [-0.4, -0.2) is 41.3 Å². The largest absolute Gasteiger partial charge is 0.366 e. The third-order valence-corrected chi connectivity index (χ3v) is 4.65. The van der Waals surface area contributed by atoms with Crippen molar-refractivity contribution in [1.29, 1.82) is 0 Å². The van der Waals surface area contributed by atoms with Crippen LogP contribution in [0.4, 0.5) is 5.82 Å². The molecule has 1 aliphatic rings. The number of nitrogens with one attached hydrogen (secondary N) is 2. The van der Waals surface area contributed by atoms with E-state index < -0.39 is 0 Å². The minimum absolute atomic E-state index is 0.112. The lowest BCUT2D eigenvalue weighted by molar-refractivity contribution is 0.0724. The van der Waals surface area contributed by atoms with Gasteiger partial charge >= 0.3 is 0 Å². The quantitative estimate of drug-likeness (QED) is 0.824. The summed E-state index contributed by atoms with van der Waals surface area (Å²) in [7, 11) is 0. The lowest BCUT2D eigenvalue weighted by Gasteiger charge is -2.26. The number of hydrogen-bond donors (Lipinski definition) is 2. The molecule has 0 aliphatic carbocycles. The molecule has 0 saturated carbocycles. The van der Waals surface area contributed by atoms with Crippen molar-refractivity contribution in [3.8, 4) is 0 Å². The number of piperidine rings is 1. The predicted octanol–water partition coefficient (Wildman–Crippen LogP) is 3.07. The highest BCUT2D eigenvalue weighted by Gasteiger charge is 2.18. The van der Waals surface area contributed by atoms with Crippen molar-refractivity contribution in [2.24, 2.45) is 0 Å². The van der Waals surface area contributed by atoms with Gasteiger partial charge in [-0.15, -0.1) is 0 Å². The Kier molecular flexibility index (Phi) is 6.41. The summed E-state index contributed by atoms with van der Waals surface area (Å²) in [5.41, 5.74) is 2.29. The molecule has 1 fully saturated rings. The summed E-state index contributed by atoms with van der Waals surface area (Å²) in [4.78, 5) is 30.6. The number of hydrogen-bond acceptors (Lipinski definition) is 4. The van der Waals surface area contributed by atoms with E-state index in [1.54, 1.807) is 18.3 Å². The maximum atomic E-state index is 12.6. The minimum Gasteiger partial charge on any atom is -0.366 e. The highest BCUT2D eigenvalue weighted by Crippen LogP contribution is 2.15. The van der Waals surface area contributed by atoms with Gasteiger partial charge < -0.3 is 15.5 Å². The third-order valence-electron chi connectivity index (χ3n) is 4.65. The van der Waals surface area contributed by atoms with Crippen LogP contribution in [0.5, 0.6) is 0 Å². The number of carbonyl (C=O) groups excluding carboxylic acids is 2. The van der Waals surface area contributed by atoms with Crippen LogP contribution in [0.15, 0.2) is 42.6 Å². The highest BCUT2D eigenvalue weighted by atomic mass is 16.2. The first kappa shape index (κ1) is 18.9. The van der Waals surface area contributed by atoms with Gasteiger partial charge in [-0.1, -0.05) is 12.1 Å². The fraction of sp³-hybridized carbons (Fsp3) is 0.381. The Labute approximate surface area is 160 Å². The maximum Gasteiger partial charge on any atom is 0.253 e. The van der Waals surface area contributed by atoms with Gasteiger partial charge in [0, 0.05) is 37.9 Å². The number of amides is 2. The monoisotopic (exact) mass is 366 g/mol. The number of benzene rings is 1. The van der Waals surface area contributed by atoms with E-state index in [4.69, 9.17) is 0 Å². The molecule has 142 valence electrons. The topological polar surface area (TPSA) is 74.3 Å². The standard InChI is InChI=1S/C21H26N4O2/c1-2-22-20(26)18-9-10-19(24-15-18)23-14-16-7-6-8-17(13-16)21(27)25-11-4-3-5-12-25/h6-10,13,15H,2-5,11-12,14H2,1H3,(H,22,26)(H,23,24). The molecule has 0 atom stereocenters. The second-order valence-corrected chi connectivity index (χ2v) is 6.70.